The van der Waals surface area contributed by atoms with Crippen LogP contribution in [0.4, 0.5) is 4.39 Å². The maximum atomic E-state index is 13.9. The number of benzene rings is 4. The van der Waals surface area contributed by atoms with Gasteiger partial charge in [0, 0.05) is 22.5 Å². The molecule has 0 spiro atoms. The first-order chi connectivity index (χ1) is 19.9. The molecule has 6 nitrogen and oxygen atoms in total. The Morgan fingerprint density at radius 3 is 2.44 bits per heavy atom. The van der Waals surface area contributed by atoms with Gasteiger partial charge >= 0.3 is 0 Å². The molecule has 206 valence electrons. The summed E-state index contributed by atoms with van der Waals surface area (Å²) in [5.41, 5.74) is 8.20. The van der Waals surface area contributed by atoms with Gasteiger partial charge in [-0.05, 0) is 72.6 Å². The molecule has 1 amide bonds. The van der Waals surface area contributed by atoms with Gasteiger partial charge in [0.2, 0.25) is 0 Å². The van der Waals surface area contributed by atoms with Crippen LogP contribution in [0.25, 0.3) is 16.9 Å². The number of carbonyl (C=O) groups excluding carboxylic acids is 1. The Balaban J connectivity index is 1.25. The number of ether oxygens (including phenoxy) is 2. The van der Waals surface area contributed by atoms with Crippen molar-refractivity contribution in [1.29, 1.82) is 0 Å². The number of aromatic nitrogens is 1. The Morgan fingerprint density at radius 2 is 1.71 bits per heavy atom. The van der Waals surface area contributed by atoms with Crippen molar-refractivity contribution in [2.45, 2.75) is 13.5 Å². The number of hydrogen-bond donors (Lipinski definition) is 1. The lowest BCUT2D eigenvalue weighted by Crippen LogP contribution is -2.17. The van der Waals surface area contributed by atoms with Crippen LogP contribution in [0.2, 0.25) is 5.02 Å². The summed E-state index contributed by atoms with van der Waals surface area (Å²) >= 11 is 6.43. The van der Waals surface area contributed by atoms with Gasteiger partial charge in [0.1, 0.15) is 12.4 Å². The zero-order valence-corrected chi connectivity index (χ0v) is 23.2. The van der Waals surface area contributed by atoms with Crippen molar-refractivity contribution in [3.05, 3.63) is 136 Å². The normalized spacial score (nSPS) is 11.0. The molecule has 0 unspecified atom stereocenters. The highest BCUT2D eigenvalue weighted by atomic mass is 35.5. The van der Waals surface area contributed by atoms with Crippen LogP contribution in [0, 0.1) is 12.7 Å². The van der Waals surface area contributed by atoms with E-state index in [1.165, 1.54) is 19.4 Å². The van der Waals surface area contributed by atoms with Crippen LogP contribution in [0.15, 0.2) is 108 Å². The number of halogens is 2. The molecule has 0 aliphatic heterocycles. The number of amides is 1. The summed E-state index contributed by atoms with van der Waals surface area (Å²) in [6.45, 7) is 2.04. The molecule has 1 aromatic heterocycles. The number of nitrogens with one attached hydrogen (secondary N) is 1. The highest BCUT2D eigenvalue weighted by Crippen LogP contribution is 2.36. The molecule has 5 rings (SSSR count). The summed E-state index contributed by atoms with van der Waals surface area (Å²) < 4.78 is 27.3. The van der Waals surface area contributed by atoms with E-state index in [1.54, 1.807) is 42.5 Å². The second-order valence-corrected chi connectivity index (χ2v) is 9.63. The Morgan fingerprint density at radius 1 is 0.976 bits per heavy atom. The lowest BCUT2D eigenvalue weighted by atomic mass is 10.1. The third kappa shape index (κ3) is 6.31. The highest BCUT2D eigenvalue weighted by Gasteiger charge is 2.14. The molecule has 4 aromatic carbocycles. The minimum atomic E-state index is -0.367. The zero-order chi connectivity index (χ0) is 28.8. The first-order valence-electron chi connectivity index (χ1n) is 12.9. The van der Waals surface area contributed by atoms with Gasteiger partial charge in [-0.2, -0.15) is 5.10 Å². The van der Waals surface area contributed by atoms with Crippen LogP contribution in [0.3, 0.4) is 0 Å². The third-order valence-electron chi connectivity index (χ3n) is 6.49. The lowest BCUT2D eigenvalue weighted by Gasteiger charge is -2.13. The summed E-state index contributed by atoms with van der Waals surface area (Å²) in [7, 11) is 1.48. The summed E-state index contributed by atoms with van der Waals surface area (Å²) in [4.78, 5) is 12.7. The number of aryl methyl sites for hydroxylation is 1. The number of carbonyl (C=O) groups is 1. The molecule has 1 heterocycles. The monoisotopic (exact) mass is 567 g/mol. The molecule has 0 atom stereocenters. The van der Waals surface area contributed by atoms with Gasteiger partial charge in [-0.25, -0.2) is 9.82 Å². The fourth-order valence-corrected chi connectivity index (χ4v) is 4.70. The molecule has 0 radical (unpaired) electrons. The van der Waals surface area contributed by atoms with Gasteiger partial charge in [0.25, 0.3) is 5.91 Å². The SMILES string of the molecule is COc1cc(/C=N/NC(=O)c2ccc(-n3c(C)ccc3-c3ccccc3)cc2)cc(Cl)c1OCc1ccccc1F. The van der Waals surface area contributed by atoms with Crippen LogP contribution >= 0.6 is 11.6 Å². The van der Waals surface area contributed by atoms with Crippen LogP contribution < -0.4 is 14.9 Å². The Bertz CT molecular complexity index is 1700. The number of methoxy groups -OCH3 is 1. The Labute approximate surface area is 242 Å². The van der Waals surface area contributed by atoms with Crippen molar-refractivity contribution in [2.24, 2.45) is 5.10 Å². The number of nitrogens with zero attached hydrogens (tertiary/aromatic N) is 2. The van der Waals surface area contributed by atoms with Crippen LogP contribution in [-0.4, -0.2) is 23.8 Å². The topological polar surface area (TPSA) is 64.8 Å². The average Bonchev–Trinajstić information content (AvgIpc) is 3.38. The summed E-state index contributed by atoms with van der Waals surface area (Å²) in [5.74, 6) is -0.0869. The number of hydrazone groups is 1. The van der Waals surface area contributed by atoms with Crippen molar-refractivity contribution in [3.63, 3.8) is 0 Å². The van der Waals surface area contributed by atoms with E-state index in [0.717, 1.165) is 22.6 Å². The van der Waals surface area contributed by atoms with Crippen LogP contribution in [0.5, 0.6) is 11.5 Å². The maximum absolute atomic E-state index is 13.9. The standard InChI is InChI=1S/C33H27ClFN3O3/c1-22-12-17-30(24-8-4-3-5-9-24)38(22)27-15-13-25(14-16-27)33(39)37-36-20-23-18-28(34)32(31(19-23)40-2)41-21-26-10-6-7-11-29(26)35/h3-20H,21H2,1-2H3,(H,37,39)/b36-20+. The largest absolute Gasteiger partial charge is 0.493 e. The van der Waals surface area contributed by atoms with Crippen molar-refractivity contribution in [3.8, 4) is 28.4 Å². The van der Waals surface area contributed by atoms with E-state index in [2.05, 4.69) is 39.4 Å². The molecule has 0 bridgehead atoms. The molecule has 41 heavy (non-hydrogen) atoms. The second kappa shape index (κ2) is 12.5. The van der Waals surface area contributed by atoms with E-state index in [1.807, 2.05) is 37.3 Å². The predicted molar refractivity (Wildman–Crippen MR) is 160 cm³/mol. The van der Waals surface area contributed by atoms with Crippen LogP contribution in [0.1, 0.15) is 27.2 Å². The van der Waals surface area contributed by atoms with E-state index in [4.69, 9.17) is 21.1 Å². The molecule has 0 fully saturated rings. The van der Waals surface area contributed by atoms with Crippen molar-refractivity contribution >= 4 is 23.7 Å². The van der Waals surface area contributed by atoms with Crippen molar-refractivity contribution in [2.75, 3.05) is 7.11 Å². The smallest absolute Gasteiger partial charge is 0.271 e. The average molecular weight is 568 g/mol. The highest BCUT2D eigenvalue weighted by molar-refractivity contribution is 6.32. The van der Waals surface area contributed by atoms with Gasteiger partial charge < -0.3 is 14.0 Å². The zero-order valence-electron chi connectivity index (χ0n) is 22.5. The maximum Gasteiger partial charge on any atom is 0.271 e. The summed E-state index contributed by atoms with van der Waals surface area (Å²) in [6, 6.07) is 31.3. The van der Waals surface area contributed by atoms with E-state index < -0.39 is 0 Å². The Hall–Kier alpha value is -4.88. The van der Waals surface area contributed by atoms with Crippen LogP contribution in [-0.2, 0) is 6.61 Å². The van der Waals surface area contributed by atoms with Gasteiger partial charge in [0.15, 0.2) is 11.5 Å². The van der Waals surface area contributed by atoms with E-state index in [0.29, 0.717) is 22.4 Å². The minimum Gasteiger partial charge on any atom is -0.493 e. The van der Waals surface area contributed by atoms with Gasteiger partial charge in [-0.1, -0.05) is 60.1 Å². The third-order valence-corrected chi connectivity index (χ3v) is 6.78. The summed E-state index contributed by atoms with van der Waals surface area (Å²) in [5, 5.41) is 4.34. The second-order valence-electron chi connectivity index (χ2n) is 9.22. The molecule has 0 saturated heterocycles. The number of rotatable bonds is 9. The van der Waals surface area contributed by atoms with E-state index >= 15 is 0 Å². The first kappa shape index (κ1) is 27.7. The van der Waals surface area contributed by atoms with Gasteiger partial charge in [-0.15, -0.1) is 0 Å². The van der Waals surface area contributed by atoms with Gasteiger partial charge in [0.05, 0.1) is 24.0 Å². The van der Waals surface area contributed by atoms with Crippen molar-refractivity contribution in [1.82, 2.24) is 9.99 Å². The van der Waals surface area contributed by atoms with Crippen molar-refractivity contribution < 1.29 is 18.7 Å². The minimum absolute atomic E-state index is 0.0114. The van der Waals surface area contributed by atoms with Gasteiger partial charge in [-0.3, -0.25) is 4.79 Å². The predicted octanol–water partition coefficient (Wildman–Crippen LogP) is 7.60. The molecule has 5 aromatic rings. The Kier molecular flexibility index (Phi) is 8.46. The fraction of sp³-hybridized carbons (Fsp3) is 0.0909. The van der Waals surface area contributed by atoms with E-state index in [-0.39, 0.29) is 29.1 Å². The van der Waals surface area contributed by atoms with E-state index in [9.17, 15) is 9.18 Å². The summed E-state index contributed by atoms with van der Waals surface area (Å²) in [6.07, 6.45) is 1.45. The molecule has 0 aliphatic carbocycles. The molecular weight excluding hydrogens is 541 g/mol. The first-order valence-corrected chi connectivity index (χ1v) is 13.2. The molecule has 1 N–H and O–H groups in total. The number of hydrogen-bond acceptors (Lipinski definition) is 4. The quantitative estimate of drug-likeness (QED) is 0.147. The molecule has 0 saturated carbocycles. The fourth-order valence-electron chi connectivity index (χ4n) is 4.43. The molecular formula is C33H27ClFN3O3. The molecule has 8 heteroatoms. The lowest BCUT2D eigenvalue weighted by molar-refractivity contribution is 0.0955. The molecule has 0 aliphatic rings.